The molecule has 24 heavy (non-hydrogen) atoms. The summed E-state index contributed by atoms with van der Waals surface area (Å²) in [5, 5.41) is 15.2. The molecule has 2 saturated heterocycles. The number of aliphatic hydroxyl groups excluding tert-OH is 1. The standard InChI is InChI=1S/C17H31N3O4/c1-12(2)18-17(23)19-14-7-6-13(24-15(14)11-21)10-16(22)20-8-4-3-5-9-20/h12-15,21H,3-11H2,1-2H3,(H2,18,19,23)/t13-,14+,15-/m0/s1. The van der Waals surface area contributed by atoms with E-state index < -0.39 is 6.10 Å². The third-order valence-corrected chi connectivity index (χ3v) is 4.64. The molecule has 0 radical (unpaired) electrons. The largest absolute Gasteiger partial charge is 0.394 e. The first kappa shape index (κ1) is 19.0. The Bertz CT molecular complexity index is 424. The number of likely N-dealkylation sites (tertiary alicyclic amines) is 1. The van der Waals surface area contributed by atoms with Crippen LogP contribution >= 0.6 is 0 Å². The predicted molar refractivity (Wildman–Crippen MR) is 90.6 cm³/mol. The van der Waals surface area contributed by atoms with E-state index in [0.29, 0.717) is 19.3 Å². The quantitative estimate of drug-likeness (QED) is 0.696. The number of urea groups is 1. The highest BCUT2D eigenvalue weighted by molar-refractivity contribution is 5.77. The van der Waals surface area contributed by atoms with Crippen LogP contribution in [0, 0.1) is 0 Å². The Morgan fingerprint density at radius 2 is 1.92 bits per heavy atom. The fraction of sp³-hybridized carbons (Fsp3) is 0.882. The van der Waals surface area contributed by atoms with Crippen molar-refractivity contribution >= 4 is 11.9 Å². The molecule has 7 nitrogen and oxygen atoms in total. The van der Waals surface area contributed by atoms with Crippen LogP contribution in [0.3, 0.4) is 0 Å². The van der Waals surface area contributed by atoms with Gasteiger partial charge in [0.25, 0.3) is 0 Å². The molecule has 2 rings (SSSR count). The monoisotopic (exact) mass is 341 g/mol. The number of carbonyl (C=O) groups is 2. The first-order valence-electron chi connectivity index (χ1n) is 9.10. The minimum Gasteiger partial charge on any atom is -0.394 e. The summed E-state index contributed by atoms with van der Waals surface area (Å²) in [6, 6.07) is -0.424. The third-order valence-electron chi connectivity index (χ3n) is 4.64. The van der Waals surface area contributed by atoms with Crippen molar-refractivity contribution in [1.29, 1.82) is 0 Å². The Morgan fingerprint density at radius 1 is 1.21 bits per heavy atom. The van der Waals surface area contributed by atoms with Crippen LogP contribution in [0.25, 0.3) is 0 Å². The summed E-state index contributed by atoms with van der Waals surface area (Å²) in [6.07, 6.45) is 4.49. The maximum Gasteiger partial charge on any atom is 0.315 e. The molecule has 2 aliphatic heterocycles. The number of rotatable bonds is 5. The summed E-state index contributed by atoms with van der Waals surface area (Å²) in [5.41, 5.74) is 0. The van der Waals surface area contributed by atoms with Gasteiger partial charge in [-0.15, -0.1) is 0 Å². The Labute approximate surface area is 144 Å². The zero-order chi connectivity index (χ0) is 17.5. The van der Waals surface area contributed by atoms with E-state index in [2.05, 4.69) is 10.6 Å². The van der Waals surface area contributed by atoms with Gasteiger partial charge in [-0.2, -0.15) is 0 Å². The summed E-state index contributed by atoms with van der Waals surface area (Å²) in [5.74, 6) is 0.139. The van der Waals surface area contributed by atoms with E-state index in [-0.39, 0.29) is 36.7 Å². The Morgan fingerprint density at radius 3 is 2.54 bits per heavy atom. The van der Waals surface area contributed by atoms with Gasteiger partial charge in [-0.25, -0.2) is 4.79 Å². The molecule has 138 valence electrons. The highest BCUT2D eigenvalue weighted by Crippen LogP contribution is 2.23. The lowest BCUT2D eigenvalue weighted by molar-refractivity contribution is -0.141. The molecule has 0 saturated carbocycles. The van der Waals surface area contributed by atoms with Crippen LogP contribution in [0.2, 0.25) is 0 Å². The normalized spacial score (nSPS) is 27.8. The minimum absolute atomic E-state index is 0.0528. The highest BCUT2D eigenvalue weighted by atomic mass is 16.5. The molecule has 3 amide bonds. The molecule has 0 aromatic rings. The number of aliphatic hydroxyl groups is 1. The maximum absolute atomic E-state index is 12.3. The van der Waals surface area contributed by atoms with Crippen molar-refractivity contribution in [3.05, 3.63) is 0 Å². The van der Waals surface area contributed by atoms with Crippen LogP contribution in [-0.2, 0) is 9.53 Å². The molecule has 0 aromatic heterocycles. The molecule has 0 unspecified atom stereocenters. The molecule has 3 atom stereocenters. The van der Waals surface area contributed by atoms with E-state index in [9.17, 15) is 14.7 Å². The van der Waals surface area contributed by atoms with Gasteiger partial charge in [-0.1, -0.05) is 0 Å². The molecule has 7 heteroatoms. The van der Waals surface area contributed by atoms with E-state index in [1.54, 1.807) is 0 Å². The van der Waals surface area contributed by atoms with Gasteiger partial charge in [-0.05, 0) is 46.0 Å². The number of ether oxygens (including phenoxy) is 1. The van der Waals surface area contributed by atoms with Gasteiger partial charge < -0.3 is 25.4 Å². The van der Waals surface area contributed by atoms with Crippen LogP contribution < -0.4 is 10.6 Å². The number of nitrogens with one attached hydrogen (secondary N) is 2. The lowest BCUT2D eigenvalue weighted by atomic mass is 9.96. The van der Waals surface area contributed by atoms with E-state index in [1.165, 1.54) is 6.42 Å². The second kappa shape index (κ2) is 9.22. The number of piperidine rings is 1. The second-order valence-corrected chi connectivity index (χ2v) is 7.08. The lowest BCUT2D eigenvalue weighted by Gasteiger charge is -2.37. The zero-order valence-electron chi connectivity index (χ0n) is 14.8. The Kier molecular flexibility index (Phi) is 7.30. The predicted octanol–water partition coefficient (Wildman–Crippen LogP) is 1.01. The van der Waals surface area contributed by atoms with Gasteiger partial charge in [0.2, 0.25) is 5.91 Å². The first-order valence-corrected chi connectivity index (χ1v) is 9.10. The summed E-state index contributed by atoms with van der Waals surface area (Å²) < 4.78 is 5.88. The SMILES string of the molecule is CC(C)NC(=O)N[C@@H]1CC[C@@H](CC(=O)N2CCCCC2)O[C@H]1CO. The number of nitrogens with zero attached hydrogens (tertiary/aromatic N) is 1. The third kappa shape index (κ3) is 5.63. The minimum atomic E-state index is -0.462. The highest BCUT2D eigenvalue weighted by Gasteiger charge is 2.33. The number of amides is 3. The fourth-order valence-corrected chi connectivity index (χ4v) is 3.39. The van der Waals surface area contributed by atoms with Gasteiger partial charge in [0, 0.05) is 19.1 Å². The molecule has 2 aliphatic rings. The van der Waals surface area contributed by atoms with Crippen molar-refractivity contribution in [1.82, 2.24) is 15.5 Å². The molecule has 0 aliphatic carbocycles. The Balaban J connectivity index is 1.80. The molecule has 2 fully saturated rings. The number of hydrogen-bond donors (Lipinski definition) is 3. The lowest BCUT2D eigenvalue weighted by Crippen LogP contribution is -2.54. The molecule has 2 heterocycles. The van der Waals surface area contributed by atoms with Crippen molar-refractivity contribution in [2.24, 2.45) is 0 Å². The summed E-state index contributed by atoms with van der Waals surface area (Å²) >= 11 is 0. The molecular formula is C17H31N3O4. The van der Waals surface area contributed by atoms with Gasteiger partial charge in [0.15, 0.2) is 0 Å². The zero-order valence-corrected chi connectivity index (χ0v) is 14.8. The van der Waals surface area contributed by atoms with Crippen LogP contribution in [0.5, 0.6) is 0 Å². The van der Waals surface area contributed by atoms with E-state index >= 15 is 0 Å². The van der Waals surface area contributed by atoms with Crippen molar-refractivity contribution in [2.75, 3.05) is 19.7 Å². The molecule has 3 N–H and O–H groups in total. The van der Waals surface area contributed by atoms with Gasteiger partial charge in [0.1, 0.15) is 6.10 Å². The first-order chi connectivity index (χ1) is 11.5. The molecule has 0 spiro atoms. The average molecular weight is 341 g/mol. The topological polar surface area (TPSA) is 90.9 Å². The smallest absolute Gasteiger partial charge is 0.315 e. The summed E-state index contributed by atoms with van der Waals surface area (Å²) in [7, 11) is 0. The average Bonchev–Trinajstić information content (AvgIpc) is 2.56. The van der Waals surface area contributed by atoms with E-state index in [0.717, 1.165) is 25.9 Å². The van der Waals surface area contributed by atoms with Crippen LogP contribution in [0.4, 0.5) is 4.79 Å². The molecule has 0 aromatic carbocycles. The van der Waals surface area contributed by atoms with Crippen molar-refractivity contribution < 1.29 is 19.4 Å². The fourth-order valence-electron chi connectivity index (χ4n) is 3.39. The van der Waals surface area contributed by atoms with Crippen LogP contribution in [0.15, 0.2) is 0 Å². The van der Waals surface area contributed by atoms with Crippen molar-refractivity contribution in [3.8, 4) is 0 Å². The second-order valence-electron chi connectivity index (χ2n) is 7.08. The van der Waals surface area contributed by atoms with Gasteiger partial charge in [-0.3, -0.25) is 4.79 Å². The van der Waals surface area contributed by atoms with Crippen LogP contribution in [-0.4, -0.2) is 65.9 Å². The van der Waals surface area contributed by atoms with Crippen molar-refractivity contribution in [3.63, 3.8) is 0 Å². The summed E-state index contributed by atoms with van der Waals surface area (Å²) in [6.45, 7) is 5.30. The number of carbonyl (C=O) groups excluding carboxylic acids is 2. The Hall–Kier alpha value is -1.34. The molecule has 0 bridgehead atoms. The van der Waals surface area contributed by atoms with Crippen LogP contribution in [0.1, 0.15) is 52.4 Å². The van der Waals surface area contributed by atoms with Gasteiger partial charge >= 0.3 is 6.03 Å². The molecular weight excluding hydrogens is 310 g/mol. The van der Waals surface area contributed by atoms with E-state index in [4.69, 9.17) is 4.74 Å². The van der Waals surface area contributed by atoms with Crippen molar-refractivity contribution in [2.45, 2.75) is 76.7 Å². The summed E-state index contributed by atoms with van der Waals surface area (Å²) in [4.78, 5) is 26.1. The maximum atomic E-state index is 12.3. The van der Waals surface area contributed by atoms with Gasteiger partial charge in [0.05, 0.1) is 25.2 Å². The van der Waals surface area contributed by atoms with E-state index in [1.807, 2.05) is 18.7 Å². The number of hydrogen-bond acceptors (Lipinski definition) is 4.